The molecule has 0 unspecified atom stereocenters. The van der Waals surface area contributed by atoms with Gasteiger partial charge in [0.15, 0.2) is 5.82 Å². The largest absolute Gasteiger partial charge is 0.368 e. The van der Waals surface area contributed by atoms with Crippen molar-refractivity contribution in [3.8, 4) is 0 Å². The monoisotopic (exact) mass is 332 g/mol. The summed E-state index contributed by atoms with van der Waals surface area (Å²) < 4.78 is 21.2. The van der Waals surface area contributed by atoms with Gasteiger partial charge >= 0.3 is 0 Å². The lowest BCUT2D eigenvalue weighted by Gasteiger charge is -2.36. The maximum atomic E-state index is 13.3. The zero-order valence-electron chi connectivity index (χ0n) is 14.4. The molecule has 0 radical (unpaired) electrons. The van der Waals surface area contributed by atoms with Crippen LogP contribution in [0.25, 0.3) is 0 Å². The van der Waals surface area contributed by atoms with E-state index < -0.39 is 0 Å². The smallest absolute Gasteiger partial charge is 0.163 e. The van der Waals surface area contributed by atoms with Gasteiger partial charge in [0.1, 0.15) is 18.2 Å². The second-order valence-electron chi connectivity index (χ2n) is 6.35. The summed E-state index contributed by atoms with van der Waals surface area (Å²) in [6, 6.07) is 7.29. The Morgan fingerprint density at radius 2 is 2.29 bits per heavy atom. The van der Waals surface area contributed by atoms with Gasteiger partial charge in [-0.05, 0) is 44.4 Å². The third-order valence-electron chi connectivity index (χ3n) is 4.74. The molecule has 1 fully saturated rings. The Labute approximate surface area is 142 Å². The van der Waals surface area contributed by atoms with Crippen molar-refractivity contribution in [1.29, 1.82) is 0 Å². The first-order valence-electron chi connectivity index (χ1n) is 8.65. The number of aryl methyl sites for hydroxylation is 2. The standard InChI is InChI=1S/C18H25FN4O/c1-3-22-13-20-21-18(22)17-12-23(9-10-24-17)14(2)7-8-15-5-4-6-16(19)11-15/h4-6,11,13-14,17H,3,7-10,12H2,1-2H3/t14-,17+/m0/s1. The van der Waals surface area contributed by atoms with Crippen LogP contribution in [0.4, 0.5) is 4.39 Å². The number of benzene rings is 1. The van der Waals surface area contributed by atoms with E-state index in [0.29, 0.717) is 12.6 Å². The molecule has 1 aromatic heterocycles. The third kappa shape index (κ3) is 3.99. The minimum absolute atomic E-state index is 0.0298. The van der Waals surface area contributed by atoms with Crippen LogP contribution in [0.1, 0.15) is 37.8 Å². The number of nitrogens with zero attached hydrogens (tertiary/aromatic N) is 4. The maximum absolute atomic E-state index is 13.3. The Bertz CT molecular complexity index is 660. The van der Waals surface area contributed by atoms with Crippen molar-refractivity contribution in [2.45, 2.75) is 45.4 Å². The molecule has 2 aromatic rings. The molecular weight excluding hydrogens is 307 g/mol. The average Bonchev–Trinajstić information content (AvgIpc) is 3.08. The van der Waals surface area contributed by atoms with Gasteiger partial charge in [-0.15, -0.1) is 10.2 Å². The fourth-order valence-electron chi connectivity index (χ4n) is 3.23. The molecule has 5 nitrogen and oxygen atoms in total. The number of rotatable bonds is 6. The van der Waals surface area contributed by atoms with Gasteiger partial charge in [0, 0.05) is 25.7 Å². The van der Waals surface area contributed by atoms with Gasteiger partial charge in [-0.25, -0.2) is 4.39 Å². The molecule has 1 aromatic carbocycles. The molecule has 3 rings (SSSR count). The van der Waals surface area contributed by atoms with Crippen molar-refractivity contribution < 1.29 is 9.13 Å². The fraction of sp³-hybridized carbons (Fsp3) is 0.556. The number of halogens is 1. The second kappa shape index (κ2) is 7.85. The molecule has 0 amide bonds. The summed E-state index contributed by atoms with van der Waals surface area (Å²) in [5.74, 6) is 0.741. The Morgan fingerprint density at radius 3 is 3.08 bits per heavy atom. The quantitative estimate of drug-likeness (QED) is 0.816. The van der Waals surface area contributed by atoms with Crippen molar-refractivity contribution in [2.75, 3.05) is 19.7 Å². The molecule has 130 valence electrons. The zero-order chi connectivity index (χ0) is 16.9. The summed E-state index contributed by atoms with van der Waals surface area (Å²) in [7, 11) is 0. The first-order chi connectivity index (χ1) is 11.7. The van der Waals surface area contributed by atoms with Crippen molar-refractivity contribution in [1.82, 2.24) is 19.7 Å². The van der Waals surface area contributed by atoms with Crippen LogP contribution in [-0.4, -0.2) is 45.4 Å². The maximum Gasteiger partial charge on any atom is 0.163 e. The van der Waals surface area contributed by atoms with Crippen molar-refractivity contribution >= 4 is 0 Å². The number of hydrogen-bond donors (Lipinski definition) is 0. The molecule has 2 atom stereocenters. The molecule has 6 heteroatoms. The van der Waals surface area contributed by atoms with Gasteiger partial charge in [0.2, 0.25) is 0 Å². The van der Waals surface area contributed by atoms with E-state index in [4.69, 9.17) is 4.74 Å². The highest BCUT2D eigenvalue weighted by Crippen LogP contribution is 2.23. The molecule has 1 aliphatic rings. The topological polar surface area (TPSA) is 43.2 Å². The van der Waals surface area contributed by atoms with Crippen LogP contribution in [-0.2, 0) is 17.7 Å². The van der Waals surface area contributed by atoms with E-state index in [1.54, 1.807) is 18.5 Å². The van der Waals surface area contributed by atoms with Gasteiger partial charge in [0.25, 0.3) is 0 Å². The van der Waals surface area contributed by atoms with Gasteiger partial charge in [-0.2, -0.15) is 0 Å². The molecule has 1 saturated heterocycles. The normalized spacial score (nSPS) is 20.2. The summed E-state index contributed by atoms with van der Waals surface area (Å²) in [6.07, 6.45) is 3.60. The lowest BCUT2D eigenvalue weighted by Crippen LogP contribution is -2.44. The van der Waals surface area contributed by atoms with Crippen LogP contribution in [0, 0.1) is 5.82 Å². The summed E-state index contributed by atoms with van der Waals surface area (Å²) >= 11 is 0. The second-order valence-corrected chi connectivity index (χ2v) is 6.35. The Kier molecular flexibility index (Phi) is 5.58. The van der Waals surface area contributed by atoms with E-state index in [1.807, 2.05) is 10.6 Å². The number of hydrogen-bond acceptors (Lipinski definition) is 4. The van der Waals surface area contributed by atoms with Gasteiger partial charge < -0.3 is 9.30 Å². The Hall–Kier alpha value is -1.79. The molecule has 0 N–H and O–H groups in total. The van der Waals surface area contributed by atoms with E-state index >= 15 is 0 Å². The average molecular weight is 332 g/mol. The summed E-state index contributed by atoms with van der Waals surface area (Å²) in [5.41, 5.74) is 1.05. The lowest BCUT2D eigenvalue weighted by molar-refractivity contribution is -0.0490. The minimum atomic E-state index is -0.162. The highest BCUT2D eigenvalue weighted by Gasteiger charge is 2.28. The predicted molar refractivity (Wildman–Crippen MR) is 90.1 cm³/mol. The Balaban J connectivity index is 1.58. The summed E-state index contributed by atoms with van der Waals surface area (Å²) in [4.78, 5) is 2.43. The van der Waals surface area contributed by atoms with Crippen molar-refractivity contribution in [3.63, 3.8) is 0 Å². The van der Waals surface area contributed by atoms with E-state index in [0.717, 1.165) is 43.9 Å². The molecule has 24 heavy (non-hydrogen) atoms. The van der Waals surface area contributed by atoms with Crippen LogP contribution in [0.5, 0.6) is 0 Å². The van der Waals surface area contributed by atoms with Gasteiger partial charge in [-0.3, -0.25) is 4.90 Å². The van der Waals surface area contributed by atoms with E-state index in [9.17, 15) is 4.39 Å². The SMILES string of the molecule is CCn1cnnc1[C@H]1CN([C@@H](C)CCc2cccc(F)c2)CCO1. The van der Waals surface area contributed by atoms with E-state index in [-0.39, 0.29) is 11.9 Å². The van der Waals surface area contributed by atoms with E-state index in [1.165, 1.54) is 6.07 Å². The molecule has 0 spiro atoms. The highest BCUT2D eigenvalue weighted by atomic mass is 19.1. The summed E-state index contributed by atoms with van der Waals surface area (Å²) in [6.45, 7) is 7.59. The Morgan fingerprint density at radius 1 is 1.42 bits per heavy atom. The number of aromatic nitrogens is 3. The van der Waals surface area contributed by atoms with Crippen LogP contribution < -0.4 is 0 Å². The van der Waals surface area contributed by atoms with Crippen LogP contribution in [0.2, 0.25) is 0 Å². The predicted octanol–water partition coefficient (Wildman–Crippen LogP) is 2.83. The first kappa shape index (κ1) is 17.0. The van der Waals surface area contributed by atoms with Crippen LogP contribution in [0.15, 0.2) is 30.6 Å². The highest BCUT2D eigenvalue weighted by molar-refractivity contribution is 5.16. The lowest BCUT2D eigenvalue weighted by atomic mass is 10.0. The van der Waals surface area contributed by atoms with Crippen molar-refractivity contribution in [3.05, 3.63) is 47.8 Å². The molecule has 1 aliphatic heterocycles. The molecule has 0 bridgehead atoms. The molecule has 0 saturated carbocycles. The first-order valence-corrected chi connectivity index (χ1v) is 8.65. The number of ether oxygens (including phenoxy) is 1. The van der Waals surface area contributed by atoms with Crippen LogP contribution >= 0.6 is 0 Å². The number of morpholine rings is 1. The fourth-order valence-corrected chi connectivity index (χ4v) is 3.23. The third-order valence-corrected chi connectivity index (χ3v) is 4.74. The van der Waals surface area contributed by atoms with Crippen molar-refractivity contribution in [2.24, 2.45) is 0 Å². The van der Waals surface area contributed by atoms with Gasteiger partial charge in [-0.1, -0.05) is 12.1 Å². The minimum Gasteiger partial charge on any atom is -0.368 e. The molecular formula is C18H25FN4O. The molecule has 0 aliphatic carbocycles. The van der Waals surface area contributed by atoms with Crippen LogP contribution in [0.3, 0.4) is 0 Å². The molecule has 2 heterocycles. The summed E-state index contributed by atoms with van der Waals surface area (Å²) in [5, 5.41) is 8.23. The van der Waals surface area contributed by atoms with Gasteiger partial charge in [0.05, 0.1) is 6.61 Å². The van der Waals surface area contributed by atoms with E-state index in [2.05, 4.69) is 28.9 Å². The zero-order valence-corrected chi connectivity index (χ0v) is 14.4.